The van der Waals surface area contributed by atoms with Crippen LogP contribution in [0.5, 0.6) is 5.75 Å². The summed E-state index contributed by atoms with van der Waals surface area (Å²) in [6.45, 7) is 0.542. The van der Waals surface area contributed by atoms with E-state index in [4.69, 9.17) is 10.5 Å². The Kier molecular flexibility index (Phi) is 4.31. The molecule has 0 aliphatic carbocycles. The van der Waals surface area contributed by atoms with Crippen LogP contribution >= 0.6 is 0 Å². The van der Waals surface area contributed by atoms with E-state index in [0.29, 0.717) is 12.3 Å². The number of hydrogen-bond donors (Lipinski definition) is 1. The van der Waals surface area contributed by atoms with E-state index in [2.05, 4.69) is 0 Å². The zero-order chi connectivity index (χ0) is 12.8. The van der Waals surface area contributed by atoms with Gasteiger partial charge in [0, 0.05) is 6.42 Å². The summed E-state index contributed by atoms with van der Waals surface area (Å²) >= 11 is 0. The fourth-order valence-corrected chi connectivity index (χ4v) is 1.79. The number of halogens is 1. The molecular formula is C15H16FNO. The Hall–Kier alpha value is -1.87. The Morgan fingerprint density at radius 1 is 1.00 bits per heavy atom. The molecular weight excluding hydrogens is 229 g/mol. The number of nitrogens with two attached hydrogens (primary N) is 1. The molecule has 18 heavy (non-hydrogen) atoms. The van der Waals surface area contributed by atoms with Gasteiger partial charge in [-0.15, -0.1) is 0 Å². The lowest BCUT2D eigenvalue weighted by atomic mass is 10.1. The second kappa shape index (κ2) is 6.17. The van der Waals surface area contributed by atoms with Crippen LogP contribution in [0.4, 0.5) is 4.39 Å². The van der Waals surface area contributed by atoms with E-state index in [1.807, 2.05) is 30.3 Å². The molecule has 2 aromatic rings. The van der Waals surface area contributed by atoms with Crippen LogP contribution < -0.4 is 10.5 Å². The molecule has 0 aromatic heterocycles. The van der Waals surface area contributed by atoms with Gasteiger partial charge in [0.25, 0.3) is 0 Å². The van der Waals surface area contributed by atoms with Crippen molar-refractivity contribution < 1.29 is 9.13 Å². The van der Waals surface area contributed by atoms with Gasteiger partial charge in [-0.2, -0.15) is 0 Å². The monoisotopic (exact) mass is 245 g/mol. The Labute approximate surface area is 106 Å². The van der Waals surface area contributed by atoms with Crippen molar-refractivity contribution in [1.82, 2.24) is 0 Å². The zero-order valence-corrected chi connectivity index (χ0v) is 10.1. The van der Waals surface area contributed by atoms with Crippen molar-refractivity contribution in [3.63, 3.8) is 0 Å². The molecule has 2 nitrogen and oxygen atoms in total. The normalized spacial score (nSPS) is 12.1. The van der Waals surface area contributed by atoms with E-state index in [9.17, 15) is 4.39 Å². The van der Waals surface area contributed by atoms with Crippen molar-refractivity contribution in [2.24, 2.45) is 5.73 Å². The maximum atomic E-state index is 12.8. The predicted molar refractivity (Wildman–Crippen MR) is 69.9 cm³/mol. The first kappa shape index (κ1) is 12.6. The van der Waals surface area contributed by atoms with Crippen molar-refractivity contribution in [2.45, 2.75) is 12.5 Å². The van der Waals surface area contributed by atoms with Gasteiger partial charge < -0.3 is 10.5 Å². The molecule has 0 aliphatic heterocycles. The molecule has 2 rings (SSSR count). The molecule has 1 unspecified atom stereocenters. The van der Waals surface area contributed by atoms with Crippen LogP contribution in [-0.2, 0) is 0 Å². The molecule has 0 fully saturated rings. The van der Waals surface area contributed by atoms with Gasteiger partial charge in [-0.3, -0.25) is 0 Å². The molecule has 94 valence electrons. The predicted octanol–water partition coefficient (Wildman–Crippen LogP) is 3.29. The van der Waals surface area contributed by atoms with Crippen LogP contribution in [-0.4, -0.2) is 6.54 Å². The topological polar surface area (TPSA) is 35.2 Å². The number of hydrogen-bond acceptors (Lipinski definition) is 2. The van der Waals surface area contributed by atoms with Crippen LogP contribution in [0.25, 0.3) is 0 Å². The third-order valence-electron chi connectivity index (χ3n) is 2.69. The highest BCUT2D eigenvalue weighted by atomic mass is 19.1. The van der Waals surface area contributed by atoms with E-state index in [-0.39, 0.29) is 11.9 Å². The maximum absolute atomic E-state index is 12.8. The highest BCUT2D eigenvalue weighted by Crippen LogP contribution is 2.24. The highest BCUT2D eigenvalue weighted by molar-refractivity contribution is 5.25. The summed E-state index contributed by atoms with van der Waals surface area (Å²) in [6.07, 6.45) is 0.628. The van der Waals surface area contributed by atoms with Crippen LogP contribution in [0, 0.1) is 5.82 Å². The van der Waals surface area contributed by atoms with Crippen molar-refractivity contribution in [3.05, 3.63) is 66.0 Å². The first-order valence-electron chi connectivity index (χ1n) is 5.97. The molecule has 0 heterocycles. The lowest BCUT2D eigenvalue weighted by Gasteiger charge is -2.19. The molecule has 3 heteroatoms. The molecule has 0 amide bonds. The molecule has 0 saturated carbocycles. The molecule has 0 radical (unpaired) electrons. The van der Waals surface area contributed by atoms with Gasteiger partial charge >= 0.3 is 0 Å². The van der Waals surface area contributed by atoms with E-state index in [0.717, 1.165) is 12.0 Å². The van der Waals surface area contributed by atoms with Gasteiger partial charge in [0.1, 0.15) is 17.7 Å². The van der Waals surface area contributed by atoms with Crippen LogP contribution in [0.2, 0.25) is 0 Å². The van der Waals surface area contributed by atoms with Gasteiger partial charge in [0.2, 0.25) is 0 Å². The Morgan fingerprint density at radius 2 is 1.67 bits per heavy atom. The van der Waals surface area contributed by atoms with E-state index in [1.165, 1.54) is 12.1 Å². The van der Waals surface area contributed by atoms with Gasteiger partial charge in [-0.25, -0.2) is 4.39 Å². The maximum Gasteiger partial charge on any atom is 0.125 e. The summed E-state index contributed by atoms with van der Waals surface area (Å²) in [7, 11) is 0. The molecule has 2 aromatic carbocycles. The zero-order valence-electron chi connectivity index (χ0n) is 10.1. The summed E-state index contributed by atoms with van der Waals surface area (Å²) in [6, 6.07) is 15.9. The highest BCUT2D eigenvalue weighted by Gasteiger charge is 2.12. The van der Waals surface area contributed by atoms with Crippen molar-refractivity contribution >= 4 is 0 Å². The molecule has 0 aliphatic rings. The summed E-state index contributed by atoms with van der Waals surface area (Å²) in [4.78, 5) is 0. The fraction of sp³-hybridized carbons (Fsp3) is 0.200. The summed E-state index contributed by atoms with van der Waals surface area (Å²) in [5, 5.41) is 0. The minimum Gasteiger partial charge on any atom is -0.486 e. The third kappa shape index (κ3) is 3.31. The average Bonchev–Trinajstić information content (AvgIpc) is 2.42. The lowest BCUT2D eigenvalue weighted by Crippen LogP contribution is -2.13. The molecule has 0 saturated heterocycles. The fourth-order valence-electron chi connectivity index (χ4n) is 1.79. The second-order valence-corrected chi connectivity index (χ2v) is 4.05. The minimum absolute atomic E-state index is 0.0957. The first-order chi connectivity index (χ1) is 8.79. The van der Waals surface area contributed by atoms with Gasteiger partial charge in [0.15, 0.2) is 0 Å². The minimum atomic E-state index is -0.266. The summed E-state index contributed by atoms with van der Waals surface area (Å²) < 4.78 is 18.7. The molecule has 1 atom stereocenters. The molecule has 0 bridgehead atoms. The van der Waals surface area contributed by atoms with E-state index >= 15 is 0 Å². The number of ether oxygens (including phenoxy) is 1. The molecule has 0 spiro atoms. The largest absolute Gasteiger partial charge is 0.486 e. The molecule has 2 N–H and O–H groups in total. The Morgan fingerprint density at radius 3 is 2.28 bits per heavy atom. The number of benzene rings is 2. The van der Waals surface area contributed by atoms with Gasteiger partial charge in [-0.05, 0) is 36.4 Å². The quantitative estimate of drug-likeness (QED) is 0.877. The van der Waals surface area contributed by atoms with Gasteiger partial charge in [-0.1, -0.05) is 30.3 Å². The standard InChI is InChI=1S/C15H16FNO/c16-13-6-8-14(9-7-13)18-15(10-11-17)12-4-2-1-3-5-12/h1-9,15H,10-11,17H2. The second-order valence-electron chi connectivity index (χ2n) is 4.05. The van der Waals surface area contributed by atoms with E-state index < -0.39 is 0 Å². The number of rotatable bonds is 5. The Balaban J connectivity index is 2.14. The average molecular weight is 245 g/mol. The third-order valence-corrected chi connectivity index (χ3v) is 2.69. The van der Waals surface area contributed by atoms with Crippen LogP contribution in [0.3, 0.4) is 0 Å². The van der Waals surface area contributed by atoms with Crippen molar-refractivity contribution in [2.75, 3.05) is 6.54 Å². The smallest absolute Gasteiger partial charge is 0.125 e. The van der Waals surface area contributed by atoms with Crippen LogP contribution in [0.1, 0.15) is 18.1 Å². The summed E-state index contributed by atoms with van der Waals surface area (Å²) in [5.41, 5.74) is 6.68. The van der Waals surface area contributed by atoms with E-state index in [1.54, 1.807) is 12.1 Å². The summed E-state index contributed by atoms with van der Waals surface area (Å²) in [5.74, 6) is 0.385. The SMILES string of the molecule is NCCC(Oc1ccc(F)cc1)c1ccccc1. The van der Waals surface area contributed by atoms with Gasteiger partial charge in [0.05, 0.1) is 0 Å². The lowest BCUT2D eigenvalue weighted by molar-refractivity contribution is 0.197. The Bertz CT molecular complexity index is 470. The van der Waals surface area contributed by atoms with Crippen molar-refractivity contribution in [1.29, 1.82) is 0 Å². The first-order valence-corrected chi connectivity index (χ1v) is 5.97. The van der Waals surface area contributed by atoms with Crippen molar-refractivity contribution in [3.8, 4) is 5.75 Å². The van der Waals surface area contributed by atoms with Crippen LogP contribution in [0.15, 0.2) is 54.6 Å².